The van der Waals surface area contributed by atoms with Crippen molar-refractivity contribution in [2.24, 2.45) is 5.92 Å². The van der Waals surface area contributed by atoms with E-state index in [1.54, 1.807) is 48.5 Å². The van der Waals surface area contributed by atoms with E-state index in [2.05, 4.69) is 6.92 Å². The molecule has 4 rings (SSSR count). The summed E-state index contributed by atoms with van der Waals surface area (Å²) in [6.07, 6.45) is 9.40. The summed E-state index contributed by atoms with van der Waals surface area (Å²) < 4.78 is 65.5. The highest BCUT2D eigenvalue weighted by atomic mass is 19.2. The zero-order chi connectivity index (χ0) is 26.4. The van der Waals surface area contributed by atoms with Gasteiger partial charge < -0.3 is 4.74 Å². The molecule has 1 aliphatic rings. The van der Waals surface area contributed by atoms with Gasteiger partial charge in [0.2, 0.25) is 0 Å². The van der Waals surface area contributed by atoms with E-state index in [9.17, 15) is 8.78 Å². The molecular formula is C32H34F4O. The van der Waals surface area contributed by atoms with Gasteiger partial charge in [0.15, 0.2) is 23.3 Å². The topological polar surface area (TPSA) is 9.23 Å². The number of hydrogen-bond donors (Lipinski definition) is 0. The molecule has 0 bridgehead atoms. The minimum atomic E-state index is -0.926. The molecule has 0 aliphatic carbocycles. The first-order chi connectivity index (χ1) is 17.9. The Balaban J connectivity index is 1.50. The van der Waals surface area contributed by atoms with Crippen molar-refractivity contribution in [1.82, 2.24) is 0 Å². The average molecular weight is 511 g/mol. The van der Waals surface area contributed by atoms with Crippen molar-refractivity contribution in [2.75, 3.05) is 6.61 Å². The third-order valence-corrected chi connectivity index (χ3v) is 7.28. The first-order valence-electron chi connectivity index (χ1n) is 13.2. The summed E-state index contributed by atoms with van der Waals surface area (Å²) in [7, 11) is 0. The van der Waals surface area contributed by atoms with Gasteiger partial charge in [-0.05, 0) is 61.6 Å². The minimum Gasteiger partial charge on any atom is -0.373 e. The molecule has 1 aliphatic heterocycles. The van der Waals surface area contributed by atoms with Crippen molar-refractivity contribution in [3.05, 3.63) is 95.1 Å². The number of aryl methyl sites for hydroxylation is 1. The van der Waals surface area contributed by atoms with Crippen LogP contribution < -0.4 is 0 Å². The van der Waals surface area contributed by atoms with E-state index in [-0.39, 0.29) is 16.7 Å². The van der Waals surface area contributed by atoms with Gasteiger partial charge in [-0.15, -0.1) is 0 Å². The van der Waals surface area contributed by atoms with Crippen LogP contribution in [0.25, 0.3) is 22.3 Å². The zero-order valence-electron chi connectivity index (χ0n) is 21.5. The van der Waals surface area contributed by atoms with E-state index in [0.717, 1.165) is 25.7 Å². The van der Waals surface area contributed by atoms with Crippen molar-refractivity contribution < 1.29 is 22.3 Å². The molecule has 0 spiro atoms. The molecule has 2 unspecified atom stereocenters. The summed E-state index contributed by atoms with van der Waals surface area (Å²) in [6, 6.07) is 12.7. The molecule has 1 fully saturated rings. The third kappa shape index (κ3) is 6.15. The van der Waals surface area contributed by atoms with E-state index in [1.807, 2.05) is 19.1 Å². The van der Waals surface area contributed by atoms with Crippen LogP contribution in [0.1, 0.15) is 69.6 Å². The Kier molecular flexibility index (Phi) is 9.20. The number of hydrogen-bond acceptors (Lipinski definition) is 1. The van der Waals surface area contributed by atoms with Crippen LogP contribution in [0.15, 0.2) is 60.7 Å². The fourth-order valence-corrected chi connectivity index (χ4v) is 5.05. The average Bonchev–Trinajstić information content (AvgIpc) is 2.92. The summed E-state index contributed by atoms with van der Waals surface area (Å²) in [5.74, 6) is -3.09. The van der Waals surface area contributed by atoms with Crippen molar-refractivity contribution in [3.63, 3.8) is 0 Å². The molecule has 1 saturated heterocycles. The van der Waals surface area contributed by atoms with Crippen LogP contribution in [0, 0.1) is 29.2 Å². The number of unbranched alkanes of at least 4 members (excludes halogenated alkanes) is 1. The van der Waals surface area contributed by atoms with Gasteiger partial charge in [0, 0.05) is 16.7 Å². The molecule has 3 aromatic carbocycles. The zero-order valence-corrected chi connectivity index (χ0v) is 21.5. The van der Waals surface area contributed by atoms with E-state index in [0.29, 0.717) is 48.5 Å². The summed E-state index contributed by atoms with van der Waals surface area (Å²) in [5.41, 5.74) is 1.75. The highest BCUT2D eigenvalue weighted by molar-refractivity contribution is 5.71. The minimum absolute atomic E-state index is 0.121. The van der Waals surface area contributed by atoms with Crippen molar-refractivity contribution >= 4 is 0 Å². The maximum atomic E-state index is 15.1. The van der Waals surface area contributed by atoms with Gasteiger partial charge in [0.05, 0.1) is 12.7 Å². The first kappa shape index (κ1) is 27.1. The van der Waals surface area contributed by atoms with Crippen LogP contribution in [0.2, 0.25) is 0 Å². The molecule has 2 atom stereocenters. The van der Waals surface area contributed by atoms with Gasteiger partial charge in [-0.3, -0.25) is 0 Å². The van der Waals surface area contributed by atoms with E-state index >= 15 is 8.78 Å². The molecule has 3 aromatic rings. The Morgan fingerprint density at radius 2 is 1.46 bits per heavy atom. The molecule has 1 heterocycles. The molecule has 0 aromatic heterocycles. The van der Waals surface area contributed by atoms with Gasteiger partial charge in [-0.1, -0.05) is 80.4 Å². The van der Waals surface area contributed by atoms with E-state index < -0.39 is 29.4 Å². The van der Waals surface area contributed by atoms with E-state index in [4.69, 9.17) is 4.74 Å². The second kappa shape index (κ2) is 12.6. The molecule has 196 valence electrons. The Bertz CT molecular complexity index is 1220. The van der Waals surface area contributed by atoms with Gasteiger partial charge in [0.25, 0.3) is 0 Å². The lowest BCUT2D eigenvalue weighted by molar-refractivity contribution is -0.0217. The molecular weight excluding hydrogens is 476 g/mol. The highest BCUT2D eigenvalue weighted by Crippen LogP contribution is 2.37. The molecule has 5 heteroatoms. The molecule has 0 amide bonds. The number of benzene rings is 3. The second-order valence-electron chi connectivity index (χ2n) is 9.82. The summed E-state index contributed by atoms with van der Waals surface area (Å²) in [6.45, 7) is 4.61. The SMILES string of the molecule is C/C=C/CCc1ccc(-c2ccc(-c3ccc(C4CCC(CCCC)CO4)c(F)c3F)cc2)c(F)c1F. The van der Waals surface area contributed by atoms with Gasteiger partial charge in [-0.25, -0.2) is 17.6 Å². The fraction of sp³-hybridized carbons (Fsp3) is 0.375. The first-order valence-corrected chi connectivity index (χ1v) is 13.2. The van der Waals surface area contributed by atoms with Crippen LogP contribution in [-0.4, -0.2) is 6.61 Å². The Morgan fingerprint density at radius 3 is 2.05 bits per heavy atom. The molecule has 0 saturated carbocycles. The molecule has 0 radical (unpaired) electrons. The summed E-state index contributed by atoms with van der Waals surface area (Å²) >= 11 is 0. The number of rotatable bonds is 9. The molecule has 1 nitrogen and oxygen atoms in total. The summed E-state index contributed by atoms with van der Waals surface area (Å²) in [4.78, 5) is 0. The standard InChI is InChI=1S/C32H34F4O/c1-3-5-7-9-24-15-16-25(30(34)29(24)33)22-11-13-23(14-12-22)26-17-18-27(32(36)31(26)35)28-19-10-21(20-37-28)8-6-4-2/h3,5,11-18,21,28H,4,6-10,19-20H2,1-2H3/b5-3+. The van der Waals surface area contributed by atoms with Gasteiger partial charge in [-0.2, -0.15) is 0 Å². The van der Waals surface area contributed by atoms with Gasteiger partial charge >= 0.3 is 0 Å². The van der Waals surface area contributed by atoms with Crippen molar-refractivity contribution in [3.8, 4) is 22.3 Å². The van der Waals surface area contributed by atoms with Crippen LogP contribution in [0.4, 0.5) is 17.6 Å². The molecule has 37 heavy (non-hydrogen) atoms. The van der Waals surface area contributed by atoms with Crippen LogP contribution >= 0.6 is 0 Å². The smallest absolute Gasteiger partial charge is 0.167 e. The predicted molar refractivity (Wildman–Crippen MR) is 141 cm³/mol. The number of ether oxygens (including phenoxy) is 1. The lowest BCUT2D eigenvalue weighted by atomic mass is 9.90. The number of halogens is 4. The van der Waals surface area contributed by atoms with Crippen molar-refractivity contribution in [1.29, 1.82) is 0 Å². The Morgan fingerprint density at radius 1 is 0.811 bits per heavy atom. The van der Waals surface area contributed by atoms with Crippen LogP contribution in [-0.2, 0) is 11.2 Å². The predicted octanol–water partition coefficient (Wildman–Crippen LogP) is 9.74. The second-order valence-corrected chi connectivity index (χ2v) is 9.82. The molecule has 0 N–H and O–H groups in total. The Labute approximate surface area is 217 Å². The van der Waals surface area contributed by atoms with Crippen molar-refractivity contribution in [2.45, 2.75) is 64.9 Å². The summed E-state index contributed by atoms with van der Waals surface area (Å²) in [5, 5.41) is 0. The van der Waals surface area contributed by atoms with Crippen LogP contribution in [0.3, 0.4) is 0 Å². The quantitative estimate of drug-likeness (QED) is 0.206. The fourth-order valence-electron chi connectivity index (χ4n) is 5.05. The maximum Gasteiger partial charge on any atom is 0.167 e. The Hall–Kier alpha value is -2.92. The third-order valence-electron chi connectivity index (χ3n) is 7.28. The lowest BCUT2D eigenvalue weighted by Gasteiger charge is -2.29. The van der Waals surface area contributed by atoms with Gasteiger partial charge in [0.1, 0.15) is 0 Å². The normalized spacial score (nSPS) is 18.0. The lowest BCUT2D eigenvalue weighted by Crippen LogP contribution is -2.21. The van der Waals surface area contributed by atoms with E-state index in [1.165, 1.54) is 0 Å². The largest absolute Gasteiger partial charge is 0.373 e. The maximum absolute atomic E-state index is 15.1. The highest BCUT2D eigenvalue weighted by Gasteiger charge is 2.27. The van der Waals surface area contributed by atoms with Crippen LogP contribution in [0.5, 0.6) is 0 Å². The number of allylic oxidation sites excluding steroid dienone is 2. The monoisotopic (exact) mass is 510 g/mol.